The molecule has 0 N–H and O–H groups in total. The number of piperazine rings is 1. The van der Waals surface area contributed by atoms with E-state index in [1.54, 1.807) is 4.31 Å². The van der Waals surface area contributed by atoms with Crippen molar-refractivity contribution in [3.05, 3.63) is 24.2 Å². The Balaban J connectivity index is 1.51. The zero-order valence-corrected chi connectivity index (χ0v) is 15.5. The van der Waals surface area contributed by atoms with E-state index in [0.717, 1.165) is 22.5 Å². The molecule has 9 nitrogen and oxygen atoms in total. The number of morpholine rings is 1. The molecule has 2 aliphatic rings. The molecule has 4 rings (SSSR count). The molecule has 0 atom stereocenters. The summed E-state index contributed by atoms with van der Waals surface area (Å²) < 4.78 is 33.9. The van der Waals surface area contributed by atoms with Crippen molar-refractivity contribution in [1.29, 1.82) is 0 Å². The Labute approximate surface area is 152 Å². The minimum Gasteiger partial charge on any atom is -0.379 e. The van der Waals surface area contributed by atoms with Gasteiger partial charge < -0.3 is 9.64 Å². The molecular formula is C16H22N6O3S. The van der Waals surface area contributed by atoms with Crippen LogP contribution in [0.1, 0.15) is 5.69 Å². The summed E-state index contributed by atoms with van der Waals surface area (Å²) in [7, 11) is -3.43. The van der Waals surface area contributed by atoms with E-state index in [4.69, 9.17) is 4.74 Å². The molecule has 0 aliphatic carbocycles. The quantitative estimate of drug-likeness (QED) is 0.744. The Morgan fingerprint density at radius 1 is 0.962 bits per heavy atom. The molecule has 2 aliphatic heterocycles. The van der Waals surface area contributed by atoms with Gasteiger partial charge in [-0.15, -0.1) is 0 Å². The van der Waals surface area contributed by atoms with Gasteiger partial charge in [-0.25, -0.2) is 15.0 Å². The Kier molecular flexibility index (Phi) is 4.74. The molecule has 0 spiro atoms. The van der Waals surface area contributed by atoms with E-state index in [2.05, 4.69) is 19.9 Å². The number of aromatic nitrogens is 3. The number of fused-ring (bicyclic) bond motifs is 1. The van der Waals surface area contributed by atoms with Crippen LogP contribution in [-0.2, 0) is 14.9 Å². The summed E-state index contributed by atoms with van der Waals surface area (Å²) in [5.41, 5.74) is 2.46. The topological polar surface area (TPSA) is 91.8 Å². The number of anilines is 1. The minimum atomic E-state index is -3.43. The van der Waals surface area contributed by atoms with Crippen LogP contribution in [0.25, 0.3) is 11.0 Å². The number of hydrogen-bond donors (Lipinski definition) is 0. The Morgan fingerprint density at radius 3 is 2.38 bits per heavy atom. The first-order valence-corrected chi connectivity index (χ1v) is 10.1. The first-order valence-electron chi connectivity index (χ1n) is 8.72. The van der Waals surface area contributed by atoms with Gasteiger partial charge in [0.25, 0.3) is 10.2 Å². The minimum absolute atomic E-state index is 0.419. The average Bonchev–Trinajstić information content (AvgIpc) is 2.68. The normalized spacial score (nSPS) is 20.6. The molecule has 0 saturated carbocycles. The number of ether oxygens (including phenoxy) is 1. The number of rotatable bonds is 3. The van der Waals surface area contributed by atoms with E-state index in [1.165, 1.54) is 10.6 Å². The predicted octanol–water partition coefficient (Wildman–Crippen LogP) is 0.0322. The van der Waals surface area contributed by atoms with Crippen LogP contribution in [-0.4, -0.2) is 84.5 Å². The molecule has 2 aromatic heterocycles. The Bertz CT molecular complexity index is 892. The highest BCUT2D eigenvalue weighted by atomic mass is 32.2. The molecule has 0 bridgehead atoms. The summed E-state index contributed by atoms with van der Waals surface area (Å²) >= 11 is 0. The van der Waals surface area contributed by atoms with Gasteiger partial charge in [0.15, 0.2) is 5.82 Å². The molecule has 0 amide bonds. The van der Waals surface area contributed by atoms with Crippen molar-refractivity contribution >= 4 is 27.1 Å². The lowest BCUT2D eigenvalue weighted by molar-refractivity contribution is 0.0700. The Hall–Kier alpha value is -1.88. The van der Waals surface area contributed by atoms with E-state index in [1.807, 2.05) is 19.1 Å². The molecule has 26 heavy (non-hydrogen) atoms. The van der Waals surface area contributed by atoms with E-state index in [-0.39, 0.29) is 0 Å². The second kappa shape index (κ2) is 7.03. The lowest BCUT2D eigenvalue weighted by atomic mass is 10.2. The van der Waals surface area contributed by atoms with Crippen molar-refractivity contribution in [1.82, 2.24) is 23.6 Å². The first kappa shape index (κ1) is 17.5. The van der Waals surface area contributed by atoms with E-state index in [0.29, 0.717) is 52.5 Å². The molecule has 10 heteroatoms. The van der Waals surface area contributed by atoms with Gasteiger partial charge in [0.2, 0.25) is 0 Å². The van der Waals surface area contributed by atoms with Gasteiger partial charge in [0.1, 0.15) is 11.8 Å². The van der Waals surface area contributed by atoms with Crippen LogP contribution in [0.15, 0.2) is 18.5 Å². The third kappa shape index (κ3) is 3.25. The fourth-order valence-electron chi connectivity index (χ4n) is 3.33. The zero-order valence-electron chi connectivity index (χ0n) is 14.7. The van der Waals surface area contributed by atoms with Gasteiger partial charge in [-0.05, 0) is 19.1 Å². The van der Waals surface area contributed by atoms with E-state index in [9.17, 15) is 8.42 Å². The standard InChI is InChI=1S/C16H22N6O3S/c1-13-2-3-14-15(19-13)16(18-12-17-14)20-4-6-21(7-5-20)26(23,24)22-8-10-25-11-9-22/h2-3,12H,4-11H2,1H3. The van der Waals surface area contributed by atoms with Crippen molar-refractivity contribution in [2.75, 3.05) is 57.4 Å². The van der Waals surface area contributed by atoms with E-state index < -0.39 is 10.2 Å². The SMILES string of the molecule is Cc1ccc2ncnc(N3CCN(S(=O)(=O)N4CCOCC4)CC3)c2n1. The summed E-state index contributed by atoms with van der Waals surface area (Å²) in [4.78, 5) is 15.3. The second-order valence-electron chi connectivity index (χ2n) is 6.42. The van der Waals surface area contributed by atoms with Crippen LogP contribution < -0.4 is 4.90 Å². The average molecular weight is 378 g/mol. The highest BCUT2D eigenvalue weighted by Crippen LogP contribution is 2.23. The van der Waals surface area contributed by atoms with Gasteiger partial charge in [-0.3, -0.25) is 0 Å². The second-order valence-corrected chi connectivity index (χ2v) is 8.35. The monoisotopic (exact) mass is 378 g/mol. The molecule has 2 fully saturated rings. The third-order valence-electron chi connectivity index (χ3n) is 4.76. The summed E-state index contributed by atoms with van der Waals surface area (Å²) in [5, 5.41) is 0. The summed E-state index contributed by atoms with van der Waals surface area (Å²) in [6.45, 7) is 5.69. The third-order valence-corrected chi connectivity index (χ3v) is 6.80. The summed E-state index contributed by atoms with van der Waals surface area (Å²) in [5.74, 6) is 0.766. The molecule has 0 unspecified atom stereocenters. The number of pyridine rings is 1. The number of hydrogen-bond acceptors (Lipinski definition) is 7. The molecular weight excluding hydrogens is 356 g/mol. The summed E-state index contributed by atoms with van der Waals surface area (Å²) in [6.07, 6.45) is 1.53. The van der Waals surface area contributed by atoms with Crippen LogP contribution in [0, 0.1) is 6.92 Å². The molecule has 4 heterocycles. The number of nitrogens with zero attached hydrogens (tertiary/aromatic N) is 6. The van der Waals surface area contributed by atoms with Gasteiger partial charge in [-0.2, -0.15) is 17.0 Å². The van der Waals surface area contributed by atoms with Gasteiger partial charge >= 0.3 is 0 Å². The molecule has 2 aromatic rings. The zero-order chi connectivity index (χ0) is 18.1. The van der Waals surface area contributed by atoms with Crippen LogP contribution in [0.4, 0.5) is 5.82 Å². The number of aryl methyl sites for hydroxylation is 1. The molecule has 0 aromatic carbocycles. The van der Waals surface area contributed by atoms with Crippen molar-refractivity contribution in [3.8, 4) is 0 Å². The maximum atomic E-state index is 12.8. The van der Waals surface area contributed by atoms with Gasteiger partial charge in [0, 0.05) is 45.0 Å². The predicted molar refractivity (Wildman–Crippen MR) is 97.2 cm³/mol. The first-order chi connectivity index (χ1) is 12.6. The van der Waals surface area contributed by atoms with Crippen molar-refractivity contribution < 1.29 is 13.2 Å². The van der Waals surface area contributed by atoms with Crippen molar-refractivity contribution in [3.63, 3.8) is 0 Å². The maximum Gasteiger partial charge on any atom is 0.282 e. The highest BCUT2D eigenvalue weighted by Gasteiger charge is 2.33. The van der Waals surface area contributed by atoms with Crippen molar-refractivity contribution in [2.45, 2.75) is 6.92 Å². The summed E-state index contributed by atoms with van der Waals surface area (Å²) in [6, 6.07) is 3.86. The Morgan fingerprint density at radius 2 is 1.65 bits per heavy atom. The fraction of sp³-hybridized carbons (Fsp3) is 0.562. The largest absolute Gasteiger partial charge is 0.379 e. The maximum absolute atomic E-state index is 12.8. The molecule has 140 valence electrons. The van der Waals surface area contributed by atoms with Crippen LogP contribution >= 0.6 is 0 Å². The molecule has 0 radical (unpaired) electrons. The van der Waals surface area contributed by atoms with E-state index >= 15 is 0 Å². The lowest BCUT2D eigenvalue weighted by Crippen LogP contribution is -2.55. The van der Waals surface area contributed by atoms with Crippen LogP contribution in [0.5, 0.6) is 0 Å². The lowest BCUT2D eigenvalue weighted by Gasteiger charge is -2.38. The van der Waals surface area contributed by atoms with Crippen LogP contribution in [0.2, 0.25) is 0 Å². The van der Waals surface area contributed by atoms with Crippen molar-refractivity contribution in [2.24, 2.45) is 0 Å². The fourth-order valence-corrected chi connectivity index (χ4v) is 4.89. The van der Waals surface area contributed by atoms with Crippen LogP contribution in [0.3, 0.4) is 0 Å². The molecule has 2 saturated heterocycles. The van der Waals surface area contributed by atoms with Gasteiger partial charge in [0.05, 0.1) is 18.7 Å². The smallest absolute Gasteiger partial charge is 0.282 e. The highest BCUT2D eigenvalue weighted by molar-refractivity contribution is 7.86. The van der Waals surface area contributed by atoms with Gasteiger partial charge in [-0.1, -0.05) is 0 Å².